The van der Waals surface area contributed by atoms with Crippen molar-refractivity contribution in [2.45, 2.75) is 31.6 Å². The molecule has 1 aliphatic rings. The summed E-state index contributed by atoms with van der Waals surface area (Å²) in [7, 11) is 0. The second-order valence-corrected chi connectivity index (χ2v) is 4.95. The Balaban J connectivity index is 1.97. The van der Waals surface area contributed by atoms with E-state index in [0.717, 1.165) is 24.0 Å². The lowest BCUT2D eigenvalue weighted by atomic mass is 9.69. The highest BCUT2D eigenvalue weighted by Crippen LogP contribution is 2.42. The third-order valence-corrected chi connectivity index (χ3v) is 3.84. The summed E-state index contributed by atoms with van der Waals surface area (Å²) in [4.78, 5) is 8.58. The fourth-order valence-corrected chi connectivity index (χ4v) is 2.38. The van der Waals surface area contributed by atoms with E-state index in [-0.39, 0.29) is 5.41 Å². The molecule has 0 bridgehead atoms. The van der Waals surface area contributed by atoms with Gasteiger partial charge in [-0.25, -0.2) is 0 Å². The van der Waals surface area contributed by atoms with Crippen molar-refractivity contribution in [3.8, 4) is 11.4 Å². The summed E-state index contributed by atoms with van der Waals surface area (Å²) < 4.78 is 5.41. The van der Waals surface area contributed by atoms with E-state index in [9.17, 15) is 0 Å². The normalized spacial score (nSPS) is 17.4. The highest BCUT2D eigenvalue weighted by Gasteiger charge is 2.42. The Bertz CT molecular complexity index is 554. The van der Waals surface area contributed by atoms with Crippen molar-refractivity contribution in [3.05, 3.63) is 29.9 Å². The first-order valence-corrected chi connectivity index (χ1v) is 6.20. The maximum absolute atomic E-state index is 5.84. The minimum atomic E-state index is -0.0772. The molecule has 0 amide bonds. The lowest BCUT2D eigenvalue weighted by Gasteiger charge is -2.36. The number of hydrogen-bond donors (Lipinski definition) is 1. The molecule has 5 nitrogen and oxygen atoms in total. The minimum Gasteiger partial charge on any atom is -0.338 e. The summed E-state index contributed by atoms with van der Waals surface area (Å²) in [5.41, 5.74) is 7.77. The maximum atomic E-state index is 5.84. The molecule has 2 N–H and O–H groups in total. The fraction of sp³-hybridized carbons (Fsp3) is 0.462. The molecule has 2 heterocycles. The summed E-state index contributed by atoms with van der Waals surface area (Å²) in [6, 6.07) is 1.90. The molecule has 94 valence electrons. The molecule has 0 aromatic carbocycles. The van der Waals surface area contributed by atoms with Crippen LogP contribution in [0.5, 0.6) is 0 Å². The highest BCUT2D eigenvalue weighted by atomic mass is 16.5. The van der Waals surface area contributed by atoms with Gasteiger partial charge in [0.15, 0.2) is 0 Å². The number of rotatable bonds is 3. The number of nitrogens with zero attached hydrogens (tertiary/aromatic N) is 3. The van der Waals surface area contributed by atoms with Gasteiger partial charge in [-0.15, -0.1) is 0 Å². The SMILES string of the molecule is Cc1cnccc1-c1noc(C2(CN)CCC2)n1. The van der Waals surface area contributed by atoms with Crippen LogP contribution < -0.4 is 5.73 Å². The first kappa shape index (κ1) is 11.3. The molecule has 1 saturated carbocycles. The molecular weight excluding hydrogens is 228 g/mol. The largest absolute Gasteiger partial charge is 0.338 e. The third-order valence-electron chi connectivity index (χ3n) is 3.84. The Morgan fingerprint density at radius 1 is 1.44 bits per heavy atom. The summed E-state index contributed by atoms with van der Waals surface area (Å²) >= 11 is 0. The Morgan fingerprint density at radius 2 is 2.28 bits per heavy atom. The second kappa shape index (κ2) is 4.17. The van der Waals surface area contributed by atoms with Crippen LogP contribution in [0.1, 0.15) is 30.7 Å². The van der Waals surface area contributed by atoms with Crippen LogP contribution in [0.15, 0.2) is 23.0 Å². The molecule has 1 aliphatic carbocycles. The van der Waals surface area contributed by atoms with E-state index >= 15 is 0 Å². The molecule has 0 saturated heterocycles. The zero-order chi connectivity index (χ0) is 12.6. The molecule has 2 aromatic heterocycles. The van der Waals surface area contributed by atoms with Crippen LogP contribution in [-0.2, 0) is 5.41 Å². The van der Waals surface area contributed by atoms with Crippen LogP contribution in [0, 0.1) is 6.92 Å². The van der Waals surface area contributed by atoms with Gasteiger partial charge in [0.05, 0.1) is 5.41 Å². The zero-order valence-corrected chi connectivity index (χ0v) is 10.4. The van der Waals surface area contributed by atoms with Crippen molar-refractivity contribution >= 4 is 0 Å². The Hall–Kier alpha value is -1.75. The predicted octanol–water partition coefficient (Wildman–Crippen LogP) is 1.82. The number of hydrogen-bond acceptors (Lipinski definition) is 5. The van der Waals surface area contributed by atoms with Crippen molar-refractivity contribution in [2.75, 3.05) is 6.54 Å². The van der Waals surface area contributed by atoms with Crippen molar-refractivity contribution in [3.63, 3.8) is 0 Å². The van der Waals surface area contributed by atoms with Gasteiger partial charge in [-0.2, -0.15) is 4.98 Å². The molecule has 1 fully saturated rings. The molecule has 0 aliphatic heterocycles. The summed E-state index contributed by atoms with van der Waals surface area (Å²) in [5, 5.41) is 4.07. The monoisotopic (exact) mass is 244 g/mol. The Labute approximate surface area is 105 Å². The number of aryl methyl sites for hydroxylation is 1. The molecule has 0 atom stereocenters. The molecule has 0 spiro atoms. The number of aromatic nitrogens is 3. The first-order chi connectivity index (χ1) is 8.75. The first-order valence-electron chi connectivity index (χ1n) is 6.20. The van der Waals surface area contributed by atoms with Gasteiger partial charge in [0.25, 0.3) is 0 Å². The van der Waals surface area contributed by atoms with E-state index in [1.165, 1.54) is 6.42 Å². The van der Waals surface area contributed by atoms with Crippen LogP contribution in [0.4, 0.5) is 0 Å². The molecular formula is C13H16N4O. The second-order valence-electron chi connectivity index (χ2n) is 4.95. The highest BCUT2D eigenvalue weighted by molar-refractivity contribution is 5.58. The van der Waals surface area contributed by atoms with E-state index in [4.69, 9.17) is 10.3 Å². The Morgan fingerprint density at radius 3 is 2.89 bits per heavy atom. The summed E-state index contributed by atoms with van der Waals surface area (Å²) in [5.74, 6) is 1.31. The lowest BCUT2D eigenvalue weighted by Crippen LogP contribution is -2.41. The van der Waals surface area contributed by atoms with E-state index in [2.05, 4.69) is 15.1 Å². The zero-order valence-electron chi connectivity index (χ0n) is 10.4. The average Bonchev–Trinajstić information content (AvgIpc) is 2.79. The maximum Gasteiger partial charge on any atom is 0.234 e. The third kappa shape index (κ3) is 1.62. The van der Waals surface area contributed by atoms with Crippen molar-refractivity contribution < 1.29 is 4.52 Å². The van der Waals surface area contributed by atoms with Crippen molar-refractivity contribution in [1.29, 1.82) is 0 Å². The van der Waals surface area contributed by atoms with Gasteiger partial charge >= 0.3 is 0 Å². The minimum absolute atomic E-state index is 0.0772. The number of pyridine rings is 1. The summed E-state index contributed by atoms with van der Waals surface area (Å²) in [6.45, 7) is 2.56. The van der Waals surface area contributed by atoms with Gasteiger partial charge in [0, 0.05) is 24.5 Å². The van der Waals surface area contributed by atoms with Gasteiger partial charge in [0.1, 0.15) is 0 Å². The van der Waals surface area contributed by atoms with Crippen molar-refractivity contribution in [1.82, 2.24) is 15.1 Å². The molecule has 2 aromatic rings. The topological polar surface area (TPSA) is 77.8 Å². The van der Waals surface area contributed by atoms with E-state index < -0.39 is 0 Å². The molecule has 5 heteroatoms. The van der Waals surface area contributed by atoms with Crippen molar-refractivity contribution in [2.24, 2.45) is 5.73 Å². The molecule has 18 heavy (non-hydrogen) atoms. The van der Waals surface area contributed by atoms with Crippen LogP contribution in [0.25, 0.3) is 11.4 Å². The molecule has 3 rings (SSSR count). The van der Waals surface area contributed by atoms with Crippen LogP contribution in [0.2, 0.25) is 0 Å². The van der Waals surface area contributed by atoms with Crippen LogP contribution in [0.3, 0.4) is 0 Å². The van der Waals surface area contributed by atoms with Gasteiger partial charge < -0.3 is 10.3 Å². The average molecular weight is 244 g/mol. The van der Waals surface area contributed by atoms with Gasteiger partial charge in [0.2, 0.25) is 11.7 Å². The van der Waals surface area contributed by atoms with Crippen LogP contribution >= 0.6 is 0 Å². The number of nitrogens with two attached hydrogens (primary N) is 1. The fourth-order valence-electron chi connectivity index (χ4n) is 2.38. The van der Waals surface area contributed by atoms with E-state index in [1.54, 1.807) is 12.4 Å². The van der Waals surface area contributed by atoms with E-state index in [1.807, 2.05) is 13.0 Å². The molecule has 0 radical (unpaired) electrons. The molecule has 0 unspecified atom stereocenters. The standard InChI is InChI=1S/C13H16N4O/c1-9-7-15-6-3-10(9)11-16-12(18-17-11)13(8-14)4-2-5-13/h3,6-7H,2,4-5,8,14H2,1H3. The lowest BCUT2D eigenvalue weighted by molar-refractivity contribution is 0.182. The summed E-state index contributed by atoms with van der Waals surface area (Å²) in [6.07, 6.45) is 6.80. The smallest absolute Gasteiger partial charge is 0.234 e. The Kier molecular flexibility index (Phi) is 2.63. The van der Waals surface area contributed by atoms with Gasteiger partial charge in [-0.1, -0.05) is 11.6 Å². The van der Waals surface area contributed by atoms with Crippen LogP contribution in [-0.4, -0.2) is 21.7 Å². The predicted molar refractivity (Wildman–Crippen MR) is 66.8 cm³/mol. The van der Waals surface area contributed by atoms with Gasteiger partial charge in [-0.05, 0) is 31.4 Å². The van der Waals surface area contributed by atoms with E-state index in [0.29, 0.717) is 18.3 Å². The quantitative estimate of drug-likeness (QED) is 0.891. The van der Waals surface area contributed by atoms with Gasteiger partial charge in [-0.3, -0.25) is 4.98 Å².